The highest BCUT2D eigenvalue weighted by Crippen LogP contribution is 2.22. The molecule has 3 rings (SSSR count). The number of carboxylic acids is 1. The van der Waals surface area contributed by atoms with Crippen LogP contribution in [0, 0.1) is 11.3 Å². The molecule has 1 unspecified atom stereocenters. The topological polar surface area (TPSA) is 128 Å². The number of H-pyrrole nitrogens is 1. The number of carbonyl (C=O) groups is 1. The summed E-state index contributed by atoms with van der Waals surface area (Å²) < 4.78 is 29.2. The third-order valence-corrected chi connectivity index (χ3v) is 5.57. The number of rotatable bonds is 7. The van der Waals surface area contributed by atoms with Crippen LogP contribution in [0.1, 0.15) is 12.1 Å². The third kappa shape index (κ3) is 3.46. The maximum absolute atomic E-state index is 12.7. The second-order valence-corrected chi connectivity index (χ2v) is 7.38. The molecule has 0 saturated heterocycles. The van der Waals surface area contributed by atoms with Gasteiger partial charge in [-0.2, -0.15) is 9.98 Å². The number of aryl methyl sites for hydroxylation is 1. The molecule has 2 aromatic heterocycles. The molecule has 0 aliphatic rings. The highest BCUT2D eigenvalue weighted by Gasteiger charge is 2.26. The fourth-order valence-electron chi connectivity index (χ4n) is 2.75. The first kappa shape index (κ1) is 17.7. The fourth-order valence-corrected chi connectivity index (χ4v) is 4.20. The minimum absolute atomic E-state index is 0.00103. The molecule has 1 aromatic carbocycles. The van der Waals surface area contributed by atoms with Gasteiger partial charge in [-0.25, -0.2) is 8.42 Å². The second kappa shape index (κ2) is 7.03. The summed E-state index contributed by atoms with van der Waals surface area (Å²) in [5, 5.41) is 18.9. The number of nitriles is 1. The summed E-state index contributed by atoms with van der Waals surface area (Å²) in [4.78, 5) is 14.5. The van der Waals surface area contributed by atoms with Crippen LogP contribution in [0.25, 0.3) is 10.9 Å². The number of nitrogens with zero attached hydrogens (tertiary/aromatic N) is 2. The van der Waals surface area contributed by atoms with E-state index in [-0.39, 0.29) is 17.9 Å². The van der Waals surface area contributed by atoms with E-state index in [9.17, 15) is 18.3 Å². The quantitative estimate of drug-likeness (QED) is 0.581. The molecule has 26 heavy (non-hydrogen) atoms. The van der Waals surface area contributed by atoms with Crippen LogP contribution in [0.15, 0.2) is 53.7 Å². The number of fused-ring (bicyclic) bond motifs is 1. The van der Waals surface area contributed by atoms with E-state index >= 15 is 0 Å². The first-order valence-electron chi connectivity index (χ1n) is 7.79. The zero-order valence-corrected chi connectivity index (χ0v) is 14.4. The van der Waals surface area contributed by atoms with E-state index in [0.717, 1.165) is 0 Å². The van der Waals surface area contributed by atoms with Gasteiger partial charge in [0.1, 0.15) is 17.8 Å². The Labute approximate surface area is 149 Å². The van der Waals surface area contributed by atoms with Crippen molar-refractivity contribution in [2.24, 2.45) is 0 Å². The minimum atomic E-state index is -4.03. The van der Waals surface area contributed by atoms with Gasteiger partial charge < -0.3 is 14.7 Å². The summed E-state index contributed by atoms with van der Waals surface area (Å²) in [6, 6.07) is 10.3. The predicted octanol–water partition coefficient (Wildman–Crippen LogP) is 1.66. The van der Waals surface area contributed by atoms with Crippen LogP contribution < -0.4 is 4.72 Å². The van der Waals surface area contributed by atoms with Crippen LogP contribution in [0.4, 0.5) is 0 Å². The third-order valence-electron chi connectivity index (χ3n) is 4.04. The highest BCUT2D eigenvalue weighted by molar-refractivity contribution is 7.89. The zero-order chi connectivity index (χ0) is 18.7. The summed E-state index contributed by atoms with van der Waals surface area (Å²) >= 11 is 0. The van der Waals surface area contributed by atoms with Gasteiger partial charge in [0.2, 0.25) is 10.0 Å². The van der Waals surface area contributed by atoms with E-state index in [2.05, 4.69) is 9.71 Å². The number of hydrogen-bond donors (Lipinski definition) is 3. The van der Waals surface area contributed by atoms with Crippen LogP contribution in [0.3, 0.4) is 0 Å². The number of benzene rings is 1. The predicted molar refractivity (Wildman–Crippen MR) is 93.8 cm³/mol. The molecule has 0 spiro atoms. The first-order chi connectivity index (χ1) is 12.4. The maximum atomic E-state index is 12.7. The van der Waals surface area contributed by atoms with Crippen molar-refractivity contribution < 1.29 is 18.3 Å². The summed E-state index contributed by atoms with van der Waals surface area (Å²) in [5.74, 6) is -1.28. The molecule has 0 amide bonds. The molecule has 0 fully saturated rings. The molecule has 134 valence electrons. The van der Waals surface area contributed by atoms with E-state index in [4.69, 9.17) is 5.26 Å². The number of aromatic amines is 1. The molecule has 0 saturated carbocycles. The van der Waals surface area contributed by atoms with E-state index in [1.165, 1.54) is 6.07 Å². The van der Waals surface area contributed by atoms with E-state index < -0.39 is 22.0 Å². The maximum Gasteiger partial charge on any atom is 0.321 e. The van der Waals surface area contributed by atoms with Gasteiger partial charge >= 0.3 is 5.97 Å². The van der Waals surface area contributed by atoms with Gasteiger partial charge in [0, 0.05) is 29.8 Å². The summed E-state index contributed by atoms with van der Waals surface area (Å²) in [5.41, 5.74) is 1.03. The molecule has 2 heterocycles. The fraction of sp³-hybridized carbons (Fsp3) is 0.176. The SMILES string of the molecule is N#Cc1cccn1CCC(NS(=O)(=O)c1cccc2[nH]ccc12)C(=O)O. The van der Waals surface area contributed by atoms with Gasteiger partial charge in [-0.1, -0.05) is 6.07 Å². The number of aromatic nitrogens is 2. The molecule has 9 heteroatoms. The Bertz CT molecular complexity index is 1090. The van der Waals surface area contributed by atoms with Gasteiger partial charge in [-0.05, 0) is 36.8 Å². The highest BCUT2D eigenvalue weighted by atomic mass is 32.2. The van der Waals surface area contributed by atoms with Crippen molar-refractivity contribution in [3.63, 3.8) is 0 Å². The van der Waals surface area contributed by atoms with Crippen LogP contribution in [-0.4, -0.2) is 35.1 Å². The van der Waals surface area contributed by atoms with Gasteiger partial charge in [0.25, 0.3) is 0 Å². The Hall–Kier alpha value is -3.09. The zero-order valence-electron chi connectivity index (χ0n) is 13.6. The minimum Gasteiger partial charge on any atom is -0.480 e. The summed E-state index contributed by atoms with van der Waals surface area (Å²) in [7, 11) is -4.03. The van der Waals surface area contributed by atoms with E-state index in [1.54, 1.807) is 47.3 Å². The Morgan fingerprint density at radius 2 is 2.12 bits per heavy atom. The van der Waals surface area contributed by atoms with Gasteiger partial charge in [-0.15, -0.1) is 0 Å². The van der Waals surface area contributed by atoms with Crippen molar-refractivity contribution in [1.82, 2.24) is 14.3 Å². The van der Waals surface area contributed by atoms with Gasteiger partial charge in [0.05, 0.1) is 4.90 Å². The molecule has 8 nitrogen and oxygen atoms in total. The largest absolute Gasteiger partial charge is 0.480 e. The number of carboxylic acid groups (broad SMARTS) is 1. The van der Waals surface area contributed by atoms with Crippen molar-refractivity contribution in [3.8, 4) is 6.07 Å². The average Bonchev–Trinajstić information content (AvgIpc) is 3.26. The number of hydrogen-bond acceptors (Lipinski definition) is 4. The number of nitrogens with one attached hydrogen (secondary N) is 2. The molecule has 0 aliphatic heterocycles. The van der Waals surface area contributed by atoms with E-state index in [1.807, 2.05) is 6.07 Å². The first-order valence-corrected chi connectivity index (χ1v) is 9.27. The lowest BCUT2D eigenvalue weighted by Crippen LogP contribution is -2.41. The number of aliphatic carboxylic acids is 1. The Morgan fingerprint density at radius 3 is 2.85 bits per heavy atom. The second-order valence-electron chi connectivity index (χ2n) is 5.69. The molecule has 3 aromatic rings. The monoisotopic (exact) mass is 372 g/mol. The van der Waals surface area contributed by atoms with Crippen LogP contribution in [-0.2, 0) is 21.4 Å². The molecule has 0 bridgehead atoms. The molecule has 3 N–H and O–H groups in total. The lowest BCUT2D eigenvalue weighted by atomic mass is 10.2. The van der Waals surface area contributed by atoms with E-state index in [0.29, 0.717) is 16.6 Å². The normalized spacial score (nSPS) is 12.7. The summed E-state index contributed by atoms with van der Waals surface area (Å²) in [6.07, 6.45) is 3.27. The lowest BCUT2D eigenvalue weighted by Gasteiger charge is -2.16. The van der Waals surface area contributed by atoms with Crippen molar-refractivity contribution in [2.75, 3.05) is 0 Å². The molecule has 0 aliphatic carbocycles. The van der Waals surface area contributed by atoms with Crippen LogP contribution in [0.5, 0.6) is 0 Å². The average molecular weight is 372 g/mol. The Balaban J connectivity index is 1.82. The molecule has 1 atom stereocenters. The van der Waals surface area contributed by atoms with Gasteiger partial charge in [-0.3, -0.25) is 4.79 Å². The number of sulfonamides is 1. The Kier molecular flexibility index (Phi) is 4.79. The van der Waals surface area contributed by atoms with Gasteiger partial charge in [0.15, 0.2) is 0 Å². The molecular formula is C17H16N4O4S. The van der Waals surface area contributed by atoms with Crippen LogP contribution in [0.2, 0.25) is 0 Å². The van der Waals surface area contributed by atoms with Crippen molar-refractivity contribution in [1.29, 1.82) is 5.26 Å². The lowest BCUT2D eigenvalue weighted by molar-refractivity contribution is -0.139. The molecule has 0 radical (unpaired) electrons. The van der Waals surface area contributed by atoms with Crippen molar-refractivity contribution in [3.05, 3.63) is 54.5 Å². The summed E-state index contributed by atoms with van der Waals surface area (Å²) in [6.45, 7) is 0.198. The van der Waals surface area contributed by atoms with Crippen LogP contribution >= 0.6 is 0 Å². The molecular weight excluding hydrogens is 356 g/mol. The standard InChI is InChI=1S/C17H16N4O4S/c18-11-12-3-2-9-21(12)10-7-15(17(22)23)20-26(24,25)16-5-1-4-14-13(16)6-8-19-14/h1-6,8-9,15,19-20H,7,10H2,(H,22,23). The smallest absolute Gasteiger partial charge is 0.321 e. The van der Waals surface area contributed by atoms with Crippen molar-refractivity contribution in [2.45, 2.75) is 23.9 Å². The van der Waals surface area contributed by atoms with Crippen molar-refractivity contribution >= 4 is 26.9 Å². The Morgan fingerprint density at radius 1 is 1.31 bits per heavy atom.